The predicted octanol–water partition coefficient (Wildman–Crippen LogP) is 0.498. The van der Waals surface area contributed by atoms with E-state index in [1.807, 2.05) is 0 Å². The third-order valence-corrected chi connectivity index (χ3v) is 1.40. The first-order valence-corrected chi connectivity index (χ1v) is 3.80. The fraction of sp³-hybridized carbons (Fsp3) is 0.833. The molecule has 6 nitrogen and oxygen atoms in total. The molecule has 6 heteroatoms. The van der Waals surface area contributed by atoms with E-state index in [0.717, 1.165) is 19.1 Å². The number of hydrogen-bond acceptors (Lipinski definition) is 3. The van der Waals surface area contributed by atoms with Gasteiger partial charge in [-0.2, -0.15) is 4.91 Å². The molecule has 0 saturated carbocycles. The quantitative estimate of drug-likeness (QED) is 0.145. The lowest BCUT2D eigenvalue weighted by Crippen LogP contribution is -2.25. The molecule has 0 fully saturated rings. The molecular weight excluding hydrogens is 158 g/mol. The average Bonchev–Trinajstić information content (AvgIpc) is 2.11. The fourth-order valence-corrected chi connectivity index (χ4v) is 0.772. The van der Waals surface area contributed by atoms with Crippen LogP contribution in [0.3, 0.4) is 0 Å². The molecule has 1 atom stereocenters. The van der Waals surface area contributed by atoms with Crippen molar-refractivity contribution >= 4 is 6.29 Å². The predicted molar refractivity (Wildman–Crippen MR) is 45.0 cm³/mol. The van der Waals surface area contributed by atoms with E-state index in [2.05, 4.69) is 15.6 Å². The smallest absolute Gasteiger partial charge is 0.164 e. The summed E-state index contributed by atoms with van der Waals surface area (Å²) in [6.07, 6.45) is 3.11. The van der Waals surface area contributed by atoms with Crippen LogP contribution < -0.4 is 11.2 Å². The van der Waals surface area contributed by atoms with Crippen LogP contribution in [0.15, 0.2) is 5.22 Å². The Morgan fingerprint density at radius 3 is 2.92 bits per heavy atom. The van der Waals surface area contributed by atoms with Crippen LogP contribution in [0.5, 0.6) is 0 Å². The van der Waals surface area contributed by atoms with Gasteiger partial charge >= 0.3 is 0 Å². The van der Waals surface area contributed by atoms with Crippen LogP contribution >= 0.6 is 0 Å². The van der Waals surface area contributed by atoms with E-state index in [0.29, 0.717) is 13.0 Å². The molecule has 0 aliphatic heterocycles. The highest BCUT2D eigenvalue weighted by molar-refractivity contribution is 5.57. The zero-order valence-electron chi connectivity index (χ0n) is 6.81. The first-order valence-electron chi connectivity index (χ1n) is 3.80. The van der Waals surface area contributed by atoms with Gasteiger partial charge in [0.2, 0.25) is 0 Å². The summed E-state index contributed by atoms with van der Waals surface area (Å²) in [5.74, 6) is 0. The van der Waals surface area contributed by atoms with Gasteiger partial charge in [-0.15, -0.1) is 5.53 Å². The molecule has 0 spiro atoms. The second-order valence-corrected chi connectivity index (χ2v) is 2.35. The van der Waals surface area contributed by atoms with Crippen molar-refractivity contribution in [2.24, 2.45) is 11.0 Å². The fourth-order valence-electron chi connectivity index (χ4n) is 0.772. The van der Waals surface area contributed by atoms with Crippen molar-refractivity contribution in [3.05, 3.63) is 10.4 Å². The Morgan fingerprint density at radius 2 is 2.42 bits per heavy atom. The third-order valence-electron chi connectivity index (χ3n) is 1.40. The molecular formula is C6H13N5O. The normalized spacial score (nSPS) is 11.4. The lowest BCUT2D eigenvalue weighted by Gasteiger charge is -2.03. The Labute approximate surface area is 70.7 Å². The number of carbonyl (C=O) groups excluding carboxylic acids is 1. The number of azide groups is 1. The lowest BCUT2D eigenvalue weighted by molar-refractivity contribution is -0.109. The number of aldehydes is 1. The number of unbranched alkanes of at least 4 members (excludes halogenated alkanes) is 1. The average molecular weight is 171 g/mol. The number of nitrogens with two attached hydrogens (primary N) is 1. The Bertz CT molecular complexity index is 165. The second kappa shape index (κ2) is 7.84. The van der Waals surface area contributed by atoms with Crippen LogP contribution in [0, 0.1) is 0 Å². The lowest BCUT2D eigenvalue weighted by atomic mass is 10.1. The maximum absolute atomic E-state index is 10.3. The van der Waals surface area contributed by atoms with Gasteiger partial charge in [-0.1, -0.05) is 0 Å². The highest BCUT2D eigenvalue weighted by atomic mass is 16.1. The zero-order chi connectivity index (χ0) is 9.23. The van der Waals surface area contributed by atoms with E-state index in [9.17, 15) is 4.79 Å². The topological polar surface area (TPSA) is 104 Å². The standard InChI is InChI=1S/C6H13N5O/c7-4-2-1-3-6(5-12)9-11-10-8/h5-6,9H,1-4,7H2. The summed E-state index contributed by atoms with van der Waals surface area (Å²) in [7, 11) is 0. The number of carbonyl (C=O) groups is 1. The van der Waals surface area contributed by atoms with Gasteiger partial charge in [0.05, 0.1) is 0 Å². The summed E-state index contributed by atoms with van der Waals surface area (Å²) in [5, 5.41) is 3.09. The summed E-state index contributed by atoms with van der Waals surface area (Å²) in [5.41, 5.74) is 15.6. The molecule has 0 radical (unpaired) electrons. The molecule has 0 saturated heterocycles. The van der Waals surface area contributed by atoms with Crippen LogP contribution in [0.1, 0.15) is 19.3 Å². The zero-order valence-corrected chi connectivity index (χ0v) is 6.81. The maximum Gasteiger partial charge on any atom is 0.164 e. The Kier molecular flexibility index (Phi) is 7.02. The Hall–Kier alpha value is -1.26. The first-order chi connectivity index (χ1) is 5.85. The molecule has 0 heterocycles. The number of hydrogen-bond donors (Lipinski definition) is 2. The van der Waals surface area contributed by atoms with Crippen LogP contribution in [0.25, 0.3) is 10.4 Å². The molecule has 0 amide bonds. The third kappa shape index (κ3) is 5.52. The van der Waals surface area contributed by atoms with Gasteiger partial charge in [-0.3, -0.25) is 10.2 Å². The largest absolute Gasteiger partial charge is 0.330 e. The molecule has 0 aromatic carbocycles. The molecule has 1 unspecified atom stereocenters. The van der Waals surface area contributed by atoms with Gasteiger partial charge in [-0.25, -0.2) is 0 Å². The molecule has 0 aromatic heterocycles. The van der Waals surface area contributed by atoms with E-state index >= 15 is 0 Å². The van der Waals surface area contributed by atoms with Crippen molar-refractivity contribution in [1.29, 1.82) is 0 Å². The second-order valence-electron chi connectivity index (χ2n) is 2.35. The van der Waals surface area contributed by atoms with E-state index in [-0.39, 0.29) is 6.04 Å². The van der Waals surface area contributed by atoms with E-state index in [1.54, 1.807) is 0 Å². The van der Waals surface area contributed by atoms with Crippen molar-refractivity contribution in [2.75, 3.05) is 6.54 Å². The van der Waals surface area contributed by atoms with Crippen molar-refractivity contribution < 1.29 is 4.79 Å². The summed E-state index contributed by atoms with van der Waals surface area (Å²) >= 11 is 0. The highest BCUT2D eigenvalue weighted by Gasteiger charge is 2.06. The Morgan fingerprint density at radius 1 is 1.67 bits per heavy atom. The summed E-state index contributed by atoms with van der Waals surface area (Å²) in [6.45, 7) is 0.618. The summed E-state index contributed by atoms with van der Waals surface area (Å²) in [6, 6.07) is -0.382. The van der Waals surface area contributed by atoms with Crippen LogP contribution in [0.4, 0.5) is 0 Å². The molecule has 3 N–H and O–H groups in total. The molecule has 0 rings (SSSR count). The SMILES string of the molecule is [N-]=[N+]=NNC(C=O)CCCCN. The number of rotatable bonds is 7. The molecule has 0 aliphatic rings. The van der Waals surface area contributed by atoms with Gasteiger partial charge in [0.1, 0.15) is 0 Å². The van der Waals surface area contributed by atoms with Gasteiger partial charge in [0.25, 0.3) is 0 Å². The van der Waals surface area contributed by atoms with Crippen molar-refractivity contribution in [1.82, 2.24) is 5.43 Å². The van der Waals surface area contributed by atoms with Crippen molar-refractivity contribution in [3.8, 4) is 0 Å². The van der Waals surface area contributed by atoms with Gasteiger partial charge in [0, 0.05) is 0 Å². The van der Waals surface area contributed by atoms with Gasteiger partial charge in [0.15, 0.2) is 12.3 Å². The molecule has 68 valence electrons. The maximum atomic E-state index is 10.3. The Balaban J connectivity index is 3.52. The van der Waals surface area contributed by atoms with Gasteiger partial charge in [-0.05, 0) is 31.0 Å². The van der Waals surface area contributed by atoms with Crippen molar-refractivity contribution in [3.63, 3.8) is 0 Å². The van der Waals surface area contributed by atoms with Crippen LogP contribution in [0.2, 0.25) is 0 Å². The van der Waals surface area contributed by atoms with Gasteiger partial charge < -0.3 is 5.73 Å². The van der Waals surface area contributed by atoms with Crippen LogP contribution in [-0.4, -0.2) is 18.9 Å². The highest BCUT2D eigenvalue weighted by Crippen LogP contribution is 1.97. The minimum Gasteiger partial charge on any atom is -0.330 e. The molecule has 0 aliphatic carbocycles. The van der Waals surface area contributed by atoms with Crippen LogP contribution in [-0.2, 0) is 4.79 Å². The number of nitrogens with zero attached hydrogens (tertiary/aromatic N) is 3. The van der Waals surface area contributed by atoms with E-state index in [1.165, 1.54) is 0 Å². The molecule has 0 bridgehead atoms. The van der Waals surface area contributed by atoms with Crippen molar-refractivity contribution in [2.45, 2.75) is 25.3 Å². The first kappa shape index (κ1) is 10.7. The molecule has 12 heavy (non-hydrogen) atoms. The minimum absolute atomic E-state index is 0.382. The minimum atomic E-state index is -0.382. The van der Waals surface area contributed by atoms with E-state index < -0.39 is 0 Å². The molecule has 0 aromatic rings. The number of nitrogens with one attached hydrogen (secondary N) is 1. The monoisotopic (exact) mass is 171 g/mol. The van der Waals surface area contributed by atoms with E-state index in [4.69, 9.17) is 11.3 Å². The summed E-state index contributed by atoms with van der Waals surface area (Å²) in [4.78, 5) is 12.8. The summed E-state index contributed by atoms with van der Waals surface area (Å²) < 4.78 is 0.